The van der Waals surface area contributed by atoms with Gasteiger partial charge in [-0.25, -0.2) is 8.42 Å². The molecule has 1 heterocycles. The molecule has 0 radical (unpaired) electrons. The Morgan fingerprint density at radius 2 is 2.17 bits per heavy atom. The van der Waals surface area contributed by atoms with Crippen LogP contribution in [0.4, 0.5) is 0 Å². The lowest BCUT2D eigenvalue weighted by Gasteiger charge is -1.97. The van der Waals surface area contributed by atoms with Crippen LogP contribution in [0.5, 0.6) is 0 Å². The second-order valence-corrected chi connectivity index (χ2v) is 6.12. The summed E-state index contributed by atoms with van der Waals surface area (Å²) in [6.45, 7) is 1.45. The lowest BCUT2D eigenvalue weighted by atomic mass is 10.3. The Morgan fingerprint density at radius 1 is 1.67 bits per heavy atom. The van der Waals surface area contributed by atoms with Crippen molar-refractivity contribution in [1.29, 1.82) is 0 Å². The molecule has 0 saturated carbocycles. The van der Waals surface area contributed by atoms with E-state index in [2.05, 4.69) is 15.9 Å². The Morgan fingerprint density at radius 3 is 2.33 bits per heavy atom. The van der Waals surface area contributed by atoms with Gasteiger partial charge in [-0.1, -0.05) is 15.9 Å². The van der Waals surface area contributed by atoms with Crippen LogP contribution < -0.4 is 0 Å². The Labute approximate surface area is 77.6 Å². The molecule has 0 saturated heterocycles. The highest BCUT2D eigenvalue weighted by molar-refractivity contribution is 9.11. The van der Waals surface area contributed by atoms with Crippen LogP contribution in [0, 0.1) is 10.1 Å². The first-order chi connectivity index (χ1) is 5.36. The van der Waals surface area contributed by atoms with Gasteiger partial charge < -0.3 is 0 Å². The highest BCUT2D eigenvalue weighted by Gasteiger charge is 2.40. The molecule has 0 fully saturated rings. The maximum Gasteiger partial charge on any atom is 0.262 e. The number of rotatable bonds is 1. The molecule has 68 valence electrons. The topological polar surface area (TPSA) is 77.3 Å². The summed E-state index contributed by atoms with van der Waals surface area (Å²) in [6.07, 6.45) is 0. The highest BCUT2D eigenvalue weighted by atomic mass is 79.9. The second kappa shape index (κ2) is 2.81. The maximum absolute atomic E-state index is 11.1. The maximum atomic E-state index is 11.1. The number of hydrogen-bond acceptors (Lipinski definition) is 4. The molecule has 1 atom stereocenters. The molecule has 0 amide bonds. The first-order valence-electron chi connectivity index (χ1n) is 3.06. The number of sulfone groups is 1. The summed E-state index contributed by atoms with van der Waals surface area (Å²) in [4.78, 5) is 9.66. The van der Waals surface area contributed by atoms with Crippen molar-refractivity contribution in [3.63, 3.8) is 0 Å². The van der Waals surface area contributed by atoms with E-state index in [9.17, 15) is 18.5 Å². The smallest absolute Gasteiger partial charge is 0.259 e. The zero-order valence-corrected chi connectivity index (χ0v) is 8.55. The van der Waals surface area contributed by atoms with E-state index in [0.717, 1.165) is 0 Å². The molecular weight excluding hydrogens is 250 g/mol. The lowest BCUT2D eigenvalue weighted by molar-refractivity contribution is -0.424. The van der Waals surface area contributed by atoms with Crippen molar-refractivity contribution in [2.24, 2.45) is 0 Å². The van der Waals surface area contributed by atoms with Crippen LogP contribution in [0.2, 0.25) is 0 Å². The summed E-state index contributed by atoms with van der Waals surface area (Å²) >= 11 is 2.88. The average Bonchev–Trinajstić information content (AvgIpc) is 2.14. The van der Waals surface area contributed by atoms with Gasteiger partial charge in [0.2, 0.25) is 0 Å². The summed E-state index contributed by atoms with van der Waals surface area (Å²) in [6, 6.07) is 0. The third-order valence-corrected chi connectivity index (χ3v) is 5.72. The monoisotopic (exact) mass is 255 g/mol. The third-order valence-electron chi connectivity index (χ3n) is 1.67. The fraction of sp³-hybridized carbons (Fsp3) is 0.600. The number of hydrogen-bond donors (Lipinski definition) is 0. The molecule has 0 aromatic heterocycles. The average molecular weight is 256 g/mol. The zero-order valence-electron chi connectivity index (χ0n) is 6.15. The molecule has 0 bridgehead atoms. The normalized spacial score (nSPS) is 27.7. The molecular formula is C5H6BrNO4S. The molecule has 0 aromatic rings. The zero-order chi connectivity index (χ0) is 9.52. The predicted molar refractivity (Wildman–Crippen MR) is 46.2 cm³/mol. The molecule has 0 aromatic carbocycles. The SMILES string of the molecule is CC1=C([N+](=O)[O-])CS(=O)(=O)C1Br. The highest BCUT2D eigenvalue weighted by Crippen LogP contribution is 2.30. The Bertz CT molecular complexity index is 358. The molecule has 1 aliphatic heterocycles. The number of nitro groups is 1. The van der Waals surface area contributed by atoms with E-state index in [-0.39, 0.29) is 11.3 Å². The van der Waals surface area contributed by atoms with Crippen molar-refractivity contribution < 1.29 is 13.3 Å². The van der Waals surface area contributed by atoms with Crippen LogP contribution in [0.1, 0.15) is 6.92 Å². The van der Waals surface area contributed by atoms with Gasteiger partial charge in [0, 0.05) is 5.57 Å². The molecule has 0 N–H and O–H groups in total. The van der Waals surface area contributed by atoms with Crippen molar-refractivity contribution in [1.82, 2.24) is 0 Å². The number of halogens is 1. The molecule has 1 unspecified atom stereocenters. The van der Waals surface area contributed by atoms with Gasteiger partial charge in [-0.15, -0.1) is 0 Å². The number of alkyl halides is 1. The quantitative estimate of drug-likeness (QED) is 0.393. The van der Waals surface area contributed by atoms with E-state index in [4.69, 9.17) is 0 Å². The van der Waals surface area contributed by atoms with Crippen molar-refractivity contribution in [2.75, 3.05) is 5.75 Å². The summed E-state index contributed by atoms with van der Waals surface area (Å²) in [5.74, 6) is -0.470. The fourth-order valence-electron chi connectivity index (χ4n) is 0.975. The Hall–Kier alpha value is -0.430. The van der Waals surface area contributed by atoms with E-state index < -0.39 is 24.7 Å². The van der Waals surface area contributed by atoms with Crippen LogP contribution in [0.3, 0.4) is 0 Å². The van der Waals surface area contributed by atoms with Crippen LogP contribution in [-0.4, -0.2) is 23.3 Å². The summed E-state index contributed by atoms with van der Waals surface area (Å²) in [7, 11) is -3.37. The van der Waals surface area contributed by atoms with Gasteiger partial charge in [-0.3, -0.25) is 10.1 Å². The first-order valence-corrected chi connectivity index (χ1v) is 5.69. The minimum absolute atomic E-state index is 0.211. The molecule has 7 heteroatoms. The second-order valence-electron chi connectivity index (χ2n) is 2.51. The first kappa shape index (κ1) is 9.66. The van der Waals surface area contributed by atoms with Crippen molar-refractivity contribution >= 4 is 25.8 Å². The number of nitrogens with zero attached hydrogens (tertiary/aromatic N) is 1. The van der Waals surface area contributed by atoms with Crippen LogP contribution in [0.15, 0.2) is 11.3 Å². The van der Waals surface area contributed by atoms with Crippen molar-refractivity contribution in [3.05, 3.63) is 21.4 Å². The van der Waals surface area contributed by atoms with Crippen molar-refractivity contribution in [3.8, 4) is 0 Å². The molecule has 1 rings (SSSR count). The molecule has 12 heavy (non-hydrogen) atoms. The van der Waals surface area contributed by atoms with E-state index in [1.54, 1.807) is 0 Å². The van der Waals surface area contributed by atoms with E-state index in [1.165, 1.54) is 6.92 Å². The van der Waals surface area contributed by atoms with Gasteiger partial charge in [0.15, 0.2) is 9.84 Å². The predicted octanol–water partition coefficient (Wildman–Crippen LogP) is 0.686. The molecule has 1 aliphatic rings. The summed E-state index contributed by atoms with van der Waals surface area (Å²) in [5, 5.41) is 10.3. The van der Waals surface area contributed by atoms with Crippen LogP contribution >= 0.6 is 15.9 Å². The van der Waals surface area contributed by atoms with Crippen molar-refractivity contribution in [2.45, 2.75) is 11.1 Å². The van der Waals surface area contributed by atoms with E-state index >= 15 is 0 Å². The third kappa shape index (κ3) is 1.38. The van der Waals surface area contributed by atoms with Crippen LogP contribution in [0.25, 0.3) is 0 Å². The molecule has 0 spiro atoms. The largest absolute Gasteiger partial charge is 0.262 e. The summed E-state index contributed by atoms with van der Waals surface area (Å²) in [5.41, 5.74) is 0.0666. The Kier molecular flexibility index (Phi) is 2.26. The van der Waals surface area contributed by atoms with Gasteiger partial charge in [0.1, 0.15) is 9.91 Å². The lowest BCUT2D eigenvalue weighted by Crippen LogP contribution is -2.11. The van der Waals surface area contributed by atoms with Gasteiger partial charge in [-0.05, 0) is 6.92 Å². The van der Waals surface area contributed by atoms with Gasteiger partial charge >= 0.3 is 0 Å². The van der Waals surface area contributed by atoms with Crippen LogP contribution in [-0.2, 0) is 9.84 Å². The Balaban J connectivity index is 3.17. The minimum Gasteiger partial charge on any atom is -0.259 e. The van der Waals surface area contributed by atoms with Gasteiger partial charge in [0.05, 0.1) is 4.92 Å². The summed E-state index contributed by atoms with van der Waals surface area (Å²) < 4.78 is 21.3. The van der Waals surface area contributed by atoms with Gasteiger partial charge in [-0.2, -0.15) is 0 Å². The standard InChI is InChI=1S/C5H6BrNO4S/c1-3-4(7(8)9)2-12(10,11)5(3)6/h5H,2H2,1H3. The molecule has 5 nitrogen and oxygen atoms in total. The van der Waals surface area contributed by atoms with E-state index in [0.29, 0.717) is 0 Å². The minimum atomic E-state index is -3.37. The van der Waals surface area contributed by atoms with E-state index in [1.807, 2.05) is 0 Å². The molecule has 0 aliphatic carbocycles. The fourth-order valence-corrected chi connectivity index (χ4v) is 3.17. The van der Waals surface area contributed by atoms with Gasteiger partial charge in [0.25, 0.3) is 5.70 Å².